The van der Waals surface area contributed by atoms with Crippen molar-refractivity contribution in [2.75, 3.05) is 0 Å². The number of hydrogen-bond donors (Lipinski definition) is 0. The van der Waals surface area contributed by atoms with Gasteiger partial charge >= 0.3 is 0 Å². The van der Waals surface area contributed by atoms with E-state index in [4.69, 9.17) is 0 Å². The lowest BCUT2D eigenvalue weighted by Gasteiger charge is -3.00. The molecule has 18 fully saturated rings. The number of fused-ring (bicyclic) bond motifs is 43. The fourth-order valence-electron chi connectivity index (χ4n) is 24.1. The van der Waals surface area contributed by atoms with Crippen LogP contribution < -0.4 is 0 Å². The van der Waals surface area contributed by atoms with Gasteiger partial charge in [-0.15, -0.1) is 0 Å². The molecule has 0 N–H and O–H groups in total. The Labute approximate surface area is 226 Å². The van der Waals surface area contributed by atoms with Gasteiger partial charge in [0.15, 0.2) is 0 Å². The van der Waals surface area contributed by atoms with Crippen molar-refractivity contribution < 1.29 is 0 Å². The fraction of sp³-hybridized carbons (Fsp3) is 1.00. The molecule has 0 saturated heterocycles. The predicted octanol–water partition coefficient (Wildman–Crippen LogP) is 5.74. The fourth-order valence-corrected chi connectivity index (χ4v) is 24.1. The van der Waals surface area contributed by atoms with Crippen molar-refractivity contribution in [1.29, 1.82) is 0 Å². The molecule has 0 aromatic heterocycles. The topological polar surface area (TPSA) is 0 Å². The maximum Gasteiger partial charge on any atom is -0.0312 e. The highest BCUT2D eigenvalue weighted by Gasteiger charge is 2.97. The molecule has 18 saturated carbocycles. The highest BCUT2D eigenvalue weighted by molar-refractivity contribution is 5.43. The summed E-state index contributed by atoms with van der Waals surface area (Å²) in [5.74, 6) is 44.6. The minimum Gasteiger partial charge on any atom is -0.0496 e. The number of rotatable bonds is 0. The first-order valence-electron chi connectivity index (χ1n) is 18.9. The molecule has 0 nitrogen and oxygen atoms in total. The Morgan fingerprint density at radius 1 is 0.158 bits per heavy atom. The summed E-state index contributed by atoms with van der Waals surface area (Å²) in [5, 5.41) is 0. The smallest absolute Gasteiger partial charge is 0.0312 e. The van der Waals surface area contributed by atoms with E-state index in [2.05, 4.69) is 0 Å². The van der Waals surface area contributed by atoms with E-state index in [0.29, 0.717) is 0 Å². The van der Waals surface area contributed by atoms with Crippen LogP contribution >= 0.6 is 0 Å². The van der Waals surface area contributed by atoms with Crippen LogP contribution in [0.5, 0.6) is 0 Å². The van der Waals surface area contributed by atoms with E-state index in [1.54, 1.807) is 25.7 Å². The molecule has 0 radical (unpaired) electrons. The molecule has 0 bridgehead atoms. The summed E-state index contributed by atoms with van der Waals surface area (Å²) in [6, 6.07) is 0. The van der Waals surface area contributed by atoms with Crippen molar-refractivity contribution in [3.05, 3.63) is 0 Å². The monoisotopic (exact) mass is 498 g/mol. The molecule has 18 aliphatic rings. The molecule has 0 heterocycles. The van der Waals surface area contributed by atoms with Crippen LogP contribution in [0.2, 0.25) is 0 Å². The van der Waals surface area contributed by atoms with Crippen molar-refractivity contribution >= 4 is 0 Å². The molecule has 0 aromatic rings. The summed E-state index contributed by atoms with van der Waals surface area (Å²) in [5.41, 5.74) is 0. The van der Waals surface area contributed by atoms with Gasteiger partial charge in [-0.2, -0.15) is 0 Å². The van der Waals surface area contributed by atoms with Crippen molar-refractivity contribution in [2.45, 2.75) is 25.7 Å². The first kappa shape index (κ1) is 17.2. The Kier molecular flexibility index (Phi) is 1.93. The highest BCUT2D eigenvalue weighted by atomic mass is 15.0. The largest absolute Gasteiger partial charge is 0.0496 e. The molecule has 18 aliphatic carbocycles. The molecular weight excluding hydrogens is 456 g/mol. The zero-order valence-electron chi connectivity index (χ0n) is 22.5. The lowest BCUT2D eigenvalue weighted by Crippen LogP contribution is -2.97. The average molecular weight is 499 g/mol. The zero-order chi connectivity index (χ0) is 22.5. The maximum atomic E-state index is 1.73. The van der Waals surface area contributed by atoms with Crippen LogP contribution in [-0.4, -0.2) is 0 Å². The summed E-state index contributed by atoms with van der Waals surface area (Å²) >= 11 is 0. The Morgan fingerprint density at radius 2 is 0.368 bits per heavy atom. The molecule has 0 amide bonds. The highest BCUT2D eigenvalue weighted by Crippen LogP contribution is 3.00. The van der Waals surface area contributed by atoms with Crippen LogP contribution in [0.25, 0.3) is 0 Å². The van der Waals surface area contributed by atoms with Gasteiger partial charge in [-0.05, 0) is 227 Å². The second-order valence-electron chi connectivity index (χ2n) is 21.2. The van der Waals surface area contributed by atoms with Gasteiger partial charge in [-0.1, -0.05) is 0 Å². The molecule has 194 valence electrons. The van der Waals surface area contributed by atoms with Crippen molar-refractivity contribution in [1.82, 2.24) is 0 Å². The molecule has 0 aromatic carbocycles. The standard InChI is InChI=1S/C38H42/c1-2-6-5(1)13-14(6)18-17(13)21-22(18)26-25(21)29-30(26)34-33(29)37-35-31-27-23-19-15-9-3-7-8-4-10(12(8)11(7)9)16(15)20(19)24(23)28(27)32(31)36(35)38(34)37/h5-38H,1-4H2. The van der Waals surface area contributed by atoms with Crippen LogP contribution in [0.15, 0.2) is 0 Å². The van der Waals surface area contributed by atoms with Crippen LogP contribution in [0.1, 0.15) is 25.7 Å². The molecule has 38 heavy (non-hydrogen) atoms. The lowest BCUT2D eigenvalue weighted by atomic mass is 9.04. The van der Waals surface area contributed by atoms with Gasteiger partial charge in [0, 0.05) is 0 Å². The molecular formula is C38H42. The van der Waals surface area contributed by atoms with Crippen molar-refractivity contribution in [3.8, 4) is 0 Å². The van der Waals surface area contributed by atoms with Crippen LogP contribution in [0.3, 0.4) is 0 Å². The van der Waals surface area contributed by atoms with Gasteiger partial charge in [0.25, 0.3) is 0 Å². The van der Waals surface area contributed by atoms with E-state index in [9.17, 15) is 0 Å². The van der Waals surface area contributed by atoms with Gasteiger partial charge in [0.05, 0.1) is 0 Å². The summed E-state index contributed by atoms with van der Waals surface area (Å²) < 4.78 is 0. The third-order valence-electron chi connectivity index (χ3n) is 23.9. The zero-order valence-corrected chi connectivity index (χ0v) is 22.5. The second-order valence-corrected chi connectivity index (χ2v) is 21.2. The maximum absolute atomic E-state index is 1.73. The summed E-state index contributed by atoms with van der Waals surface area (Å²) in [7, 11) is 0. The van der Waals surface area contributed by atoms with E-state index in [1.165, 1.54) is 201 Å². The van der Waals surface area contributed by atoms with Crippen LogP contribution in [-0.2, 0) is 0 Å². The van der Waals surface area contributed by atoms with Gasteiger partial charge in [0.2, 0.25) is 0 Å². The normalized spacial score (nSPS) is 99.2. The van der Waals surface area contributed by atoms with Crippen LogP contribution in [0.4, 0.5) is 0 Å². The van der Waals surface area contributed by atoms with Gasteiger partial charge in [-0.3, -0.25) is 0 Å². The molecule has 18 rings (SSSR count). The van der Waals surface area contributed by atoms with Crippen LogP contribution in [0, 0.1) is 201 Å². The summed E-state index contributed by atoms with van der Waals surface area (Å²) in [4.78, 5) is 0. The van der Waals surface area contributed by atoms with E-state index >= 15 is 0 Å². The average Bonchev–Trinajstić information content (AvgIpc) is 2.82. The first-order chi connectivity index (χ1) is 18.9. The Hall–Kier alpha value is 0. The Bertz CT molecular complexity index is 1320. The molecule has 0 spiro atoms. The minimum atomic E-state index is 1.27. The molecule has 0 aliphatic heterocycles. The van der Waals surface area contributed by atoms with Crippen molar-refractivity contribution in [3.63, 3.8) is 0 Å². The van der Waals surface area contributed by atoms with Gasteiger partial charge < -0.3 is 0 Å². The quantitative estimate of drug-likeness (QED) is 0.374. The van der Waals surface area contributed by atoms with Gasteiger partial charge in [0.1, 0.15) is 0 Å². The number of hydrogen-bond acceptors (Lipinski definition) is 0. The van der Waals surface area contributed by atoms with Gasteiger partial charge in [-0.25, -0.2) is 0 Å². The van der Waals surface area contributed by atoms with E-state index < -0.39 is 0 Å². The second kappa shape index (κ2) is 4.27. The lowest BCUT2D eigenvalue weighted by molar-refractivity contribution is -0.534. The summed E-state index contributed by atoms with van der Waals surface area (Å²) in [6.45, 7) is 0. The van der Waals surface area contributed by atoms with Crippen molar-refractivity contribution in [2.24, 2.45) is 201 Å². The Morgan fingerprint density at radius 3 is 0.605 bits per heavy atom. The molecule has 34 atom stereocenters. The SMILES string of the molecule is C1CC2C1C1C2C2C1C1C2C2C1C1C2C2C1C1C3C4C5C6C7C8C9CC%10C%11CC(C%11C%109)C8C7C6C5C4C3C21. The van der Waals surface area contributed by atoms with E-state index in [-0.39, 0.29) is 0 Å². The first-order valence-corrected chi connectivity index (χ1v) is 18.9. The Balaban J connectivity index is 0.659. The summed E-state index contributed by atoms with van der Waals surface area (Å²) in [6.07, 6.45) is 6.77. The third-order valence-corrected chi connectivity index (χ3v) is 23.9. The molecule has 0 heteroatoms. The van der Waals surface area contributed by atoms with E-state index in [0.717, 1.165) is 0 Å². The molecule has 34 unspecified atom stereocenters. The predicted molar refractivity (Wildman–Crippen MR) is 137 cm³/mol. The minimum absolute atomic E-state index is 1.27. The third kappa shape index (κ3) is 1.05. The van der Waals surface area contributed by atoms with E-state index in [1.807, 2.05) is 0 Å².